The van der Waals surface area contributed by atoms with Crippen molar-refractivity contribution < 1.29 is 43.5 Å². The van der Waals surface area contributed by atoms with Crippen molar-refractivity contribution in [3.05, 3.63) is 94.6 Å². The average molecular weight is 793 g/mol. The predicted molar refractivity (Wildman–Crippen MR) is 211 cm³/mol. The highest BCUT2D eigenvalue weighted by Gasteiger charge is 2.25. The van der Waals surface area contributed by atoms with Gasteiger partial charge in [-0.05, 0) is 67.0 Å². The molecule has 0 saturated carbocycles. The first-order chi connectivity index (χ1) is 27.4. The number of carboxylic acid groups (broad SMARTS) is 2. The van der Waals surface area contributed by atoms with E-state index in [1.165, 1.54) is 12.1 Å². The molecular weight excluding hydrogens is 741 g/mol. The molecule has 1 unspecified atom stereocenters. The predicted octanol–water partition coefficient (Wildman–Crippen LogP) is 4.24. The molecule has 1 amide bonds. The molecule has 4 rings (SSSR count). The number of isothiocyanates is 1. The van der Waals surface area contributed by atoms with Crippen LogP contribution in [0.25, 0.3) is 0 Å². The fourth-order valence-electron chi connectivity index (χ4n) is 6.08. The number of nitrogens with zero attached hydrogens (tertiary/aromatic N) is 5. The van der Waals surface area contributed by atoms with Gasteiger partial charge in [0, 0.05) is 51.4 Å². The number of ether oxygens (including phenoxy) is 4. The van der Waals surface area contributed by atoms with Crippen LogP contribution in [0, 0.1) is 0 Å². The average Bonchev–Trinajstić information content (AvgIpc) is 3.20. The van der Waals surface area contributed by atoms with Crippen LogP contribution in [0.5, 0.6) is 0 Å². The molecule has 1 aliphatic heterocycles. The molecule has 1 fully saturated rings. The molecule has 2 aromatic heterocycles. The largest absolute Gasteiger partial charge is 0.477 e. The number of hydrogen-bond acceptors (Lipinski definition) is 13. The molecule has 16 heteroatoms. The molecule has 0 bridgehead atoms. The van der Waals surface area contributed by atoms with Gasteiger partial charge in [0.2, 0.25) is 0 Å². The Morgan fingerprint density at radius 3 is 1.91 bits per heavy atom. The monoisotopic (exact) mass is 792 g/mol. The molecule has 3 N–H and O–H groups in total. The Balaban J connectivity index is 1.39. The van der Waals surface area contributed by atoms with Gasteiger partial charge in [0.25, 0.3) is 5.91 Å². The summed E-state index contributed by atoms with van der Waals surface area (Å²) in [7, 11) is 0. The zero-order chi connectivity index (χ0) is 39.8. The van der Waals surface area contributed by atoms with E-state index in [9.17, 15) is 24.6 Å². The molecule has 0 radical (unpaired) electrons. The van der Waals surface area contributed by atoms with Crippen molar-refractivity contribution in [1.29, 1.82) is 0 Å². The van der Waals surface area contributed by atoms with E-state index in [2.05, 4.69) is 47.5 Å². The van der Waals surface area contributed by atoms with Crippen molar-refractivity contribution >= 4 is 35.2 Å². The third kappa shape index (κ3) is 15.9. The fraction of sp³-hybridized carbons (Fsp3) is 0.500. The minimum atomic E-state index is -1.13. The first kappa shape index (κ1) is 44.2. The van der Waals surface area contributed by atoms with E-state index in [1.807, 2.05) is 12.1 Å². The number of carbonyl (C=O) groups is 3. The Morgan fingerprint density at radius 2 is 1.30 bits per heavy atom. The number of nitrogens with one attached hydrogen (secondary N) is 1. The maximum absolute atomic E-state index is 13.0. The Labute approximate surface area is 333 Å². The number of amides is 1. The maximum Gasteiger partial charge on any atom is 0.354 e. The van der Waals surface area contributed by atoms with Gasteiger partial charge in [-0.25, -0.2) is 24.5 Å². The summed E-state index contributed by atoms with van der Waals surface area (Å²) in [6.45, 7) is 6.87. The molecule has 1 aromatic carbocycles. The van der Waals surface area contributed by atoms with Crippen LogP contribution in [0.1, 0.15) is 80.0 Å². The van der Waals surface area contributed by atoms with Crippen LogP contribution in [0.3, 0.4) is 0 Å². The van der Waals surface area contributed by atoms with Gasteiger partial charge >= 0.3 is 11.9 Å². The zero-order valence-electron chi connectivity index (χ0n) is 31.7. The molecule has 302 valence electrons. The number of aromatic carboxylic acids is 2. The van der Waals surface area contributed by atoms with Gasteiger partial charge in [0.05, 0.1) is 75.4 Å². The van der Waals surface area contributed by atoms with Gasteiger partial charge in [-0.2, -0.15) is 0 Å². The topological polar surface area (TPSA) is 185 Å². The van der Waals surface area contributed by atoms with Gasteiger partial charge in [0.1, 0.15) is 11.4 Å². The van der Waals surface area contributed by atoms with Gasteiger partial charge in [-0.3, -0.25) is 14.6 Å². The fourth-order valence-corrected chi connectivity index (χ4v) is 6.17. The van der Waals surface area contributed by atoms with Crippen molar-refractivity contribution in [2.45, 2.75) is 38.3 Å². The highest BCUT2D eigenvalue weighted by Crippen LogP contribution is 2.28. The molecule has 0 spiro atoms. The van der Waals surface area contributed by atoms with Crippen LogP contribution in [0.4, 0.5) is 0 Å². The normalized spacial score (nSPS) is 16.4. The van der Waals surface area contributed by atoms with E-state index >= 15 is 0 Å². The van der Waals surface area contributed by atoms with E-state index in [0.29, 0.717) is 116 Å². The zero-order valence-corrected chi connectivity index (χ0v) is 32.5. The molecule has 0 aliphatic carbocycles. The summed E-state index contributed by atoms with van der Waals surface area (Å²) in [6, 6.07) is 16.7. The number of carbonyl (C=O) groups excluding carboxylic acids is 1. The Bertz CT molecular complexity index is 1690. The van der Waals surface area contributed by atoms with Crippen molar-refractivity contribution in [3.8, 4) is 0 Å². The summed E-state index contributed by atoms with van der Waals surface area (Å²) in [5, 5.41) is 24.4. The Morgan fingerprint density at radius 1 is 0.732 bits per heavy atom. The van der Waals surface area contributed by atoms with Crippen LogP contribution in [-0.2, 0) is 25.5 Å². The van der Waals surface area contributed by atoms with Crippen molar-refractivity contribution in [2.75, 3.05) is 92.1 Å². The van der Waals surface area contributed by atoms with E-state index in [4.69, 9.17) is 18.9 Å². The molecule has 1 atom stereocenters. The Hall–Kier alpha value is -4.51. The lowest BCUT2D eigenvalue weighted by Gasteiger charge is -2.32. The third-order valence-electron chi connectivity index (χ3n) is 8.98. The number of unbranched alkanes of at least 4 members (excludes halogenated alkanes) is 3. The number of aliphatic imine (C=N–C) groups is 1. The number of carboxylic acids is 2. The van der Waals surface area contributed by atoms with Gasteiger partial charge in [-0.1, -0.05) is 37.1 Å². The van der Waals surface area contributed by atoms with E-state index in [-0.39, 0.29) is 17.3 Å². The lowest BCUT2D eigenvalue weighted by molar-refractivity contribution is 0.00331. The van der Waals surface area contributed by atoms with Crippen LogP contribution >= 0.6 is 12.2 Å². The van der Waals surface area contributed by atoms with Crippen LogP contribution in [-0.4, -0.2) is 145 Å². The molecule has 3 aromatic rings. The number of aromatic nitrogens is 2. The van der Waals surface area contributed by atoms with E-state index in [0.717, 1.165) is 31.2 Å². The third-order valence-corrected chi connectivity index (χ3v) is 9.10. The summed E-state index contributed by atoms with van der Waals surface area (Å²) in [6.07, 6.45) is 3.78. The highest BCUT2D eigenvalue weighted by molar-refractivity contribution is 7.78. The smallest absolute Gasteiger partial charge is 0.354 e. The SMILES string of the molecule is O=C(NCCCCCCN=C=S)c1ccc(C(c2cccc(C(=O)O)n2)N2CCOCCOCCN(Cc3cccc(C(=O)O)n3)CCOCCOCC2)cc1. The maximum atomic E-state index is 13.0. The minimum absolute atomic E-state index is 0.00167. The van der Waals surface area contributed by atoms with Crippen LogP contribution < -0.4 is 5.32 Å². The molecule has 56 heavy (non-hydrogen) atoms. The summed E-state index contributed by atoms with van der Waals surface area (Å²) in [4.78, 5) is 53.2. The number of hydrogen-bond donors (Lipinski definition) is 3. The summed E-state index contributed by atoms with van der Waals surface area (Å²) in [5.41, 5.74) is 2.48. The second kappa shape index (κ2) is 25.6. The number of benzene rings is 1. The molecule has 3 heterocycles. The first-order valence-corrected chi connectivity index (χ1v) is 19.3. The second-order valence-electron chi connectivity index (χ2n) is 13.0. The molecule has 1 saturated heterocycles. The molecule has 1 aliphatic rings. The first-order valence-electron chi connectivity index (χ1n) is 18.9. The highest BCUT2D eigenvalue weighted by atomic mass is 32.1. The minimum Gasteiger partial charge on any atom is -0.477 e. The summed E-state index contributed by atoms with van der Waals surface area (Å²) >= 11 is 4.59. The Kier molecular flexibility index (Phi) is 20.2. The van der Waals surface area contributed by atoms with Gasteiger partial charge < -0.3 is 34.5 Å². The molecule has 15 nitrogen and oxygen atoms in total. The van der Waals surface area contributed by atoms with E-state index in [1.54, 1.807) is 36.4 Å². The lowest BCUT2D eigenvalue weighted by atomic mass is 9.99. The lowest BCUT2D eigenvalue weighted by Crippen LogP contribution is -2.36. The van der Waals surface area contributed by atoms with Gasteiger partial charge in [0.15, 0.2) is 0 Å². The quantitative estimate of drug-likeness (QED) is 0.113. The summed E-state index contributed by atoms with van der Waals surface area (Å²) in [5.74, 6) is -2.36. The number of pyridine rings is 2. The molecular formula is C40H52N6O9S. The van der Waals surface area contributed by atoms with Crippen molar-refractivity contribution in [1.82, 2.24) is 25.1 Å². The van der Waals surface area contributed by atoms with Crippen molar-refractivity contribution in [2.24, 2.45) is 4.99 Å². The van der Waals surface area contributed by atoms with Crippen LogP contribution in [0.15, 0.2) is 65.7 Å². The van der Waals surface area contributed by atoms with Crippen molar-refractivity contribution in [3.63, 3.8) is 0 Å². The van der Waals surface area contributed by atoms with Crippen LogP contribution in [0.2, 0.25) is 0 Å². The van der Waals surface area contributed by atoms with Gasteiger partial charge in [-0.15, -0.1) is 0 Å². The number of thiocarbonyl (C=S) groups is 1. The second-order valence-corrected chi connectivity index (χ2v) is 13.2. The summed E-state index contributed by atoms with van der Waals surface area (Å²) < 4.78 is 23.8. The van der Waals surface area contributed by atoms with E-state index < -0.39 is 18.0 Å². The number of rotatable bonds is 15. The standard InChI is InChI=1S/C40H52N6O9S/c47-38(42-16-4-2-1-3-15-41-30-56)32-13-11-31(12-14-32)37(34-8-6-10-36(44-34)40(50)51)46-19-23-54-27-25-52-21-17-45(18-22-53-26-28-55-24-20-46)29-33-7-5-9-35(43-33)39(48)49/h5-14,37H,1-4,15-29H2,(H,42,47)(H,48,49)(H,50,51).